The maximum Gasteiger partial charge on any atom is 0.244 e. The Kier molecular flexibility index (Phi) is 5.84. The molecule has 0 saturated carbocycles. The van der Waals surface area contributed by atoms with E-state index < -0.39 is 9.84 Å². The zero-order valence-electron chi connectivity index (χ0n) is 15.4. The van der Waals surface area contributed by atoms with Crippen LogP contribution in [-0.2, 0) is 26.9 Å². The summed E-state index contributed by atoms with van der Waals surface area (Å²) in [6, 6.07) is 11.4. The fourth-order valence-corrected chi connectivity index (χ4v) is 5.58. The lowest BCUT2D eigenvalue weighted by atomic mass is 10.2. The summed E-state index contributed by atoms with van der Waals surface area (Å²) < 4.78 is 26.7. The molecule has 154 valence electrons. The number of sulfone groups is 1. The number of fused-ring (bicyclic) bond motifs is 1. The number of thiazole rings is 1. The van der Waals surface area contributed by atoms with Gasteiger partial charge in [0.05, 0.1) is 20.5 Å². The van der Waals surface area contributed by atoms with Gasteiger partial charge in [-0.1, -0.05) is 23.2 Å². The van der Waals surface area contributed by atoms with E-state index in [-0.39, 0.29) is 23.1 Å². The lowest BCUT2D eigenvalue weighted by Gasteiger charge is -2.09. The van der Waals surface area contributed by atoms with Crippen molar-refractivity contribution in [3.05, 3.63) is 75.3 Å². The lowest BCUT2D eigenvalue weighted by Crippen LogP contribution is -2.18. The highest BCUT2D eigenvalue weighted by Gasteiger charge is 2.17. The van der Waals surface area contributed by atoms with Crippen molar-refractivity contribution >= 4 is 66.9 Å². The van der Waals surface area contributed by atoms with Crippen LogP contribution in [0.5, 0.6) is 0 Å². The molecule has 0 aliphatic rings. The highest BCUT2D eigenvalue weighted by molar-refractivity contribution is 7.90. The van der Waals surface area contributed by atoms with Crippen LogP contribution in [0.25, 0.3) is 10.9 Å². The maximum absolute atomic E-state index is 12.5. The number of carbonyl (C=O) groups is 1. The first-order valence-electron chi connectivity index (χ1n) is 8.77. The average molecular weight is 480 g/mol. The van der Waals surface area contributed by atoms with Crippen molar-refractivity contribution in [2.24, 2.45) is 0 Å². The summed E-state index contributed by atoms with van der Waals surface area (Å²) >= 11 is 13.4. The minimum Gasteiger partial charge on any atom is -0.338 e. The van der Waals surface area contributed by atoms with Gasteiger partial charge in [-0.25, -0.2) is 13.4 Å². The zero-order valence-corrected chi connectivity index (χ0v) is 18.5. The predicted octanol–water partition coefficient (Wildman–Crippen LogP) is 5.02. The Labute approximate surface area is 187 Å². The molecule has 1 N–H and O–H groups in total. The Morgan fingerprint density at radius 2 is 1.83 bits per heavy atom. The third-order valence-electron chi connectivity index (χ3n) is 4.42. The lowest BCUT2D eigenvalue weighted by molar-refractivity contribution is -0.116. The van der Waals surface area contributed by atoms with Gasteiger partial charge in [0.1, 0.15) is 17.3 Å². The minimum atomic E-state index is -3.49. The highest BCUT2D eigenvalue weighted by atomic mass is 35.5. The van der Waals surface area contributed by atoms with Crippen LogP contribution < -0.4 is 5.32 Å². The van der Waals surface area contributed by atoms with E-state index in [9.17, 15) is 13.2 Å². The maximum atomic E-state index is 12.5. The number of anilines is 1. The second-order valence-corrected chi connectivity index (χ2v) is 10.3. The van der Waals surface area contributed by atoms with Gasteiger partial charge in [0.25, 0.3) is 0 Å². The smallest absolute Gasteiger partial charge is 0.244 e. The summed E-state index contributed by atoms with van der Waals surface area (Å²) in [5.74, 6) is -0.402. The summed E-state index contributed by atoms with van der Waals surface area (Å²) in [5, 5.41) is 6.79. The number of carbonyl (C=O) groups excluding carboxylic acids is 1. The van der Waals surface area contributed by atoms with Gasteiger partial charge in [0, 0.05) is 28.8 Å². The number of hydrogen-bond acceptors (Lipinski definition) is 5. The third-order valence-corrected chi connectivity index (χ3v) is 7.75. The van der Waals surface area contributed by atoms with E-state index in [4.69, 9.17) is 23.2 Å². The van der Waals surface area contributed by atoms with Crippen LogP contribution in [0.1, 0.15) is 5.01 Å². The van der Waals surface area contributed by atoms with Gasteiger partial charge < -0.3 is 9.88 Å². The molecule has 0 spiro atoms. The third kappa shape index (κ3) is 4.52. The van der Waals surface area contributed by atoms with Crippen LogP contribution in [-0.4, -0.2) is 23.9 Å². The molecule has 4 rings (SSSR count). The number of nitrogens with one attached hydrogen (secondary N) is 1. The van der Waals surface area contributed by atoms with Gasteiger partial charge in [0.15, 0.2) is 9.84 Å². The molecule has 1 amide bonds. The van der Waals surface area contributed by atoms with E-state index in [0.29, 0.717) is 20.7 Å². The summed E-state index contributed by atoms with van der Waals surface area (Å²) in [5.41, 5.74) is 1.30. The van der Waals surface area contributed by atoms with Crippen molar-refractivity contribution in [3.8, 4) is 0 Å². The van der Waals surface area contributed by atoms with Crippen molar-refractivity contribution in [1.29, 1.82) is 0 Å². The monoisotopic (exact) mass is 479 g/mol. The van der Waals surface area contributed by atoms with E-state index >= 15 is 0 Å². The van der Waals surface area contributed by atoms with Gasteiger partial charge in [-0.15, -0.1) is 11.3 Å². The van der Waals surface area contributed by atoms with Crippen LogP contribution in [0.2, 0.25) is 10.0 Å². The van der Waals surface area contributed by atoms with Gasteiger partial charge in [-0.3, -0.25) is 4.79 Å². The SMILES string of the molecule is O=C(Cn1ccc2cc(Cl)c(Cl)cc21)Nc1ccc(S(=O)(=O)Cc2nccs2)cc1. The van der Waals surface area contributed by atoms with Crippen LogP contribution in [0.15, 0.2) is 65.1 Å². The van der Waals surface area contributed by atoms with Crippen molar-refractivity contribution in [1.82, 2.24) is 9.55 Å². The van der Waals surface area contributed by atoms with Crippen molar-refractivity contribution < 1.29 is 13.2 Å². The zero-order chi connectivity index (χ0) is 21.3. The molecule has 0 bridgehead atoms. The Hall–Kier alpha value is -2.39. The molecule has 0 atom stereocenters. The molecule has 0 aliphatic carbocycles. The molecule has 6 nitrogen and oxygen atoms in total. The summed E-state index contributed by atoms with van der Waals surface area (Å²) in [4.78, 5) is 16.6. The molecule has 2 aromatic heterocycles. The molecule has 0 saturated heterocycles. The Morgan fingerprint density at radius 1 is 1.10 bits per heavy atom. The highest BCUT2D eigenvalue weighted by Crippen LogP contribution is 2.28. The largest absolute Gasteiger partial charge is 0.338 e. The number of aromatic nitrogens is 2. The van der Waals surface area contributed by atoms with Gasteiger partial charge >= 0.3 is 0 Å². The molecule has 0 radical (unpaired) electrons. The van der Waals surface area contributed by atoms with E-state index in [1.54, 1.807) is 46.6 Å². The number of amides is 1. The molecular formula is C20H15Cl2N3O3S2. The quantitative estimate of drug-likeness (QED) is 0.420. The second kappa shape index (κ2) is 8.39. The molecule has 10 heteroatoms. The van der Waals surface area contributed by atoms with Crippen LogP contribution in [0.3, 0.4) is 0 Å². The summed E-state index contributed by atoms with van der Waals surface area (Å²) in [6.07, 6.45) is 3.36. The second-order valence-electron chi connectivity index (χ2n) is 6.53. The predicted molar refractivity (Wildman–Crippen MR) is 120 cm³/mol. The fourth-order valence-electron chi connectivity index (χ4n) is 2.99. The van der Waals surface area contributed by atoms with Crippen molar-refractivity contribution in [2.75, 3.05) is 5.32 Å². The van der Waals surface area contributed by atoms with E-state index in [1.165, 1.54) is 23.5 Å². The minimum absolute atomic E-state index is 0.0750. The molecule has 30 heavy (non-hydrogen) atoms. The molecule has 0 fully saturated rings. The molecule has 0 aliphatic heterocycles. The average Bonchev–Trinajstić information content (AvgIpc) is 3.33. The Balaban J connectivity index is 1.45. The molecule has 0 unspecified atom stereocenters. The van der Waals surface area contributed by atoms with Gasteiger partial charge in [-0.05, 0) is 42.5 Å². The fraction of sp³-hybridized carbons (Fsp3) is 0.100. The van der Waals surface area contributed by atoms with E-state index in [0.717, 1.165) is 10.9 Å². The first-order chi connectivity index (χ1) is 14.3. The van der Waals surface area contributed by atoms with Crippen molar-refractivity contribution in [3.63, 3.8) is 0 Å². The molecule has 2 aromatic carbocycles. The van der Waals surface area contributed by atoms with Crippen LogP contribution in [0, 0.1) is 0 Å². The first-order valence-corrected chi connectivity index (χ1v) is 12.1. The van der Waals surface area contributed by atoms with Gasteiger partial charge in [-0.2, -0.15) is 0 Å². The first kappa shape index (κ1) is 20.9. The summed E-state index contributed by atoms with van der Waals surface area (Å²) in [6.45, 7) is 0.0750. The topological polar surface area (TPSA) is 81.1 Å². The van der Waals surface area contributed by atoms with E-state index in [1.807, 2.05) is 6.07 Å². The van der Waals surface area contributed by atoms with Crippen LogP contribution >= 0.6 is 34.5 Å². The number of nitrogens with zero attached hydrogens (tertiary/aromatic N) is 2. The normalized spacial score (nSPS) is 11.7. The Bertz CT molecular complexity index is 1320. The standard InChI is InChI=1S/C20H15Cl2N3O3S2/c21-16-9-13-5-7-25(18(13)10-17(16)22)11-19(26)24-14-1-3-15(4-2-14)30(27,28)12-20-23-6-8-29-20/h1-10H,11-12H2,(H,24,26). The molecule has 2 heterocycles. The van der Waals surface area contributed by atoms with E-state index in [2.05, 4.69) is 10.3 Å². The number of halogens is 2. The Morgan fingerprint density at radius 3 is 2.53 bits per heavy atom. The number of hydrogen-bond donors (Lipinski definition) is 1. The van der Waals surface area contributed by atoms with Crippen molar-refractivity contribution in [2.45, 2.75) is 17.2 Å². The molecular weight excluding hydrogens is 465 g/mol. The number of benzene rings is 2. The van der Waals surface area contributed by atoms with Gasteiger partial charge in [0.2, 0.25) is 5.91 Å². The van der Waals surface area contributed by atoms with Crippen LogP contribution in [0.4, 0.5) is 5.69 Å². The number of rotatable bonds is 6. The molecule has 4 aromatic rings. The summed E-state index contributed by atoms with van der Waals surface area (Å²) in [7, 11) is -3.49.